The van der Waals surface area contributed by atoms with Crippen LogP contribution in [0.15, 0.2) is 48.5 Å². The predicted octanol–water partition coefficient (Wildman–Crippen LogP) is -15.2. The Morgan fingerprint density at radius 1 is 0.393 bits per heavy atom. The Bertz CT molecular complexity index is 643. The minimum absolute atomic E-state index is 0. The fourth-order valence-corrected chi connectivity index (χ4v) is 1.48. The van der Waals surface area contributed by atoms with Crippen molar-refractivity contribution >= 4 is 23.9 Å². The summed E-state index contributed by atoms with van der Waals surface area (Å²) in [6.07, 6.45) is 0. The minimum atomic E-state index is -1.33. The van der Waals surface area contributed by atoms with Crippen molar-refractivity contribution in [2.24, 2.45) is 0 Å². The van der Waals surface area contributed by atoms with Gasteiger partial charge in [-0.15, -0.1) is 0 Å². The van der Waals surface area contributed by atoms with E-state index in [-0.39, 0.29) is 228 Å². The molecule has 0 aliphatic heterocycles. The summed E-state index contributed by atoms with van der Waals surface area (Å²) >= 11 is 0. The number of carbonyl (C=O) groups is 4. The molecule has 2 aromatic carbocycles. The van der Waals surface area contributed by atoms with Gasteiger partial charge in [0, 0.05) is 0 Å². The summed E-state index contributed by atoms with van der Waals surface area (Å²) in [5, 5.41) is 40.8. The SMILES string of the molecule is O=C([O-])c1ccc(C(=O)[O-])cc1.O=C([O-])c1ccc(C(=O)[O-])cc1.[K+].[K+].[K+].[K+]. The largest absolute Gasteiger partial charge is 1.00 e. The van der Waals surface area contributed by atoms with Crippen LogP contribution in [0.1, 0.15) is 41.4 Å². The average Bonchev–Trinajstić information content (AvgIpc) is 2.55. The zero-order valence-corrected chi connectivity index (χ0v) is 28.4. The van der Waals surface area contributed by atoms with Crippen molar-refractivity contribution in [1.29, 1.82) is 0 Å². The van der Waals surface area contributed by atoms with Gasteiger partial charge in [-0.3, -0.25) is 0 Å². The van der Waals surface area contributed by atoms with Gasteiger partial charge in [0.05, 0.1) is 23.9 Å². The van der Waals surface area contributed by atoms with Crippen molar-refractivity contribution in [3.8, 4) is 0 Å². The molecule has 0 bridgehead atoms. The van der Waals surface area contributed by atoms with Crippen molar-refractivity contribution in [3.63, 3.8) is 0 Å². The van der Waals surface area contributed by atoms with E-state index in [0.717, 1.165) is 48.5 Å². The molecule has 2 aromatic rings. The number of hydrogen-bond donors (Lipinski definition) is 0. The first-order valence-electron chi connectivity index (χ1n) is 6.28. The summed E-state index contributed by atoms with van der Waals surface area (Å²) in [4.78, 5) is 40.8. The molecular formula is C16H8K4O8. The van der Waals surface area contributed by atoms with E-state index >= 15 is 0 Å². The van der Waals surface area contributed by atoms with E-state index in [1.54, 1.807) is 0 Å². The maximum Gasteiger partial charge on any atom is 1.00 e. The van der Waals surface area contributed by atoms with Gasteiger partial charge < -0.3 is 39.6 Å². The molecule has 28 heavy (non-hydrogen) atoms. The van der Waals surface area contributed by atoms with E-state index in [1.807, 2.05) is 0 Å². The van der Waals surface area contributed by atoms with Crippen molar-refractivity contribution in [1.82, 2.24) is 0 Å². The summed E-state index contributed by atoms with van der Waals surface area (Å²) in [6.45, 7) is 0. The van der Waals surface area contributed by atoms with E-state index in [1.165, 1.54) is 0 Å². The van der Waals surface area contributed by atoms with Gasteiger partial charge in [-0.05, 0) is 22.3 Å². The van der Waals surface area contributed by atoms with E-state index in [9.17, 15) is 39.6 Å². The molecule has 0 unspecified atom stereocenters. The van der Waals surface area contributed by atoms with Crippen molar-refractivity contribution < 1.29 is 245 Å². The second-order valence-electron chi connectivity index (χ2n) is 4.30. The maximum absolute atomic E-state index is 10.2. The number of hydrogen-bond acceptors (Lipinski definition) is 8. The number of carboxylic acids is 4. The van der Waals surface area contributed by atoms with Crippen molar-refractivity contribution in [2.45, 2.75) is 0 Å². The molecule has 124 valence electrons. The maximum atomic E-state index is 10.2. The van der Waals surface area contributed by atoms with Crippen molar-refractivity contribution in [2.75, 3.05) is 0 Å². The smallest absolute Gasteiger partial charge is 0.545 e. The van der Waals surface area contributed by atoms with Gasteiger partial charge in [-0.1, -0.05) is 48.5 Å². The molecule has 0 saturated carbocycles. The van der Waals surface area contributed by atoms with Gasteiger partial charge in [0.2, 0.25) is 0 Å². The molecule has 8 nitrogen and oxygen atoms in total. The van der Waals surface area contributed by atoms with Crippen LogP contribution in [0.4, 0.5) is 0 Å². The molecular weight excluding hydrogens is 477 g/mol. The predicted molar refractivity (Wildman–Crippen MR) is 70.2 cm³/mol. The molecule has 0 aliphatic carbocycles. The number of benzene rings is 2. The Morgan fingerprint density at radius 2 is 0.500 bits per heavy atom. The third kappa shape index (κ3) is 14.8. The normalized spacial score (nSPS) is 8.00. The number of aromatic carboxylic acids is 4. The second-order valence-corrected chi connectivity index (χ2v) is 4.30. The summed E-state index contributed by atoms with van der Waals surface area (Å²) in [5.74, 6) is -5.33. The van der Waals surface area contributed by atoms with Gasteiger partial charge in [0.25, 0.3) is 0 Å². The quantitative estimate of drug-likeness (QED) is 0.387. The van der Waals surface area contributed by atoms with Crippen LogP contribution >= 0.6 is 0 Å². The number of rotatable bonds is 4. The Kier molecular flexibility index (Phi) is 27.9. The van der Waals surface area contributed by atoms with E-state index in [4.69, 9.17) is 0 Å². The van der Waals surface area contributed by atoms with E-state index in [0.29, 0.717) is 0 Å². The Hall–Kier alpha value is 2.87. The first-order chi connectivity index (χ1) is 11.2. The number of carbonyl (C=O) groups excluding carboxylic acids is 4. The van der Waals surface area contributed by atoms with Crippen LogP contribution in [0.3, 0.4) is 0 Å². The standard InChI is InChI=1S/2C8H6O4.4K/c2*9-7(10)5-1-2-6(4-3-5)8(11)12;;;;/h2*1-4H,(H,9,10)(H,11,12);;;;/q;;4*+1/p-4. The molecule has 2 rings (SSSR count). The van der Waals surface area contributed by atoms with E-state index in [2.05, 4.69) is 0 Å². The molecule has 0 aliphatic rings. The van der Waals surface area contributed by atoms with Crippen LogP contribution in [0.5, 0.6) is 0 Å². The minimum Gasteiger partial charge on any atom is -0.545 e. The van der Waals surface area contributed by atoms with Gasteiger partial charge in [-0.2, -0.15) is 0 Å². The van der Waals surface area contributed by atoms with Crippen LogP contribution in [0.2, 0.25) is 0 Å². The molecule has 0 spiro atoms. The summed E-state index contributed by atoms with van der Waals surface area (Å²) in [6, 6.07) is 9.23. The third-order valence-corrected chi connectivity index (χ3v) is 2.71. The van der Waals surface area contributed by atoms with Crippen LogP contribution in [0, 0.1) is 0 Å². The van der Waals surface area contributed by atoms with Gasteiger partial charge in [-0.25, -0.2) is 0 Å². The zero-order chi connectivity index (χ0) is 18.3. The molecule has 0 amide bonds. The molecule has 0 fully saturated rings. The molecule has 0 atom stereocenters. The summed E-state index contributed by atoms with van der Waals surface area (Å²) < 4.78 is 0. The van der Waals surface area contributed by atoms with Crippen LogP contribution in [-0.2, 0) is 0 Å². The van der Waals surface area contributed by atoms with E-state index < -0.39 is 23.9 Å². The van der Waals surface area contributed by atoms with Crippen LogP contribution in [-0.4, -0.2) is 23.9 Å². The monoisotopic (exact) mass is 484 g/mol. The van der Waals surface area contributed by atoms with Crippen molar-refractivity contribution in [3.05, 3.63) is 70.8 Å². The number of carboxylic acid groups (broad SMARTS) is 4. The topological polar surface area (TPSA) is 161 Å². The van der Waals surface area contributed by atoms with Crippen LogP contribution < -0.4 is 226 Å². The molecule has 0 heterocycles. The van der Waals surface area contributed by atoms with Gasteiger partial charge in [0.1, 0.15) is 0 Å². The fraction of sp³-hybridized carbons (Fsp3) is 0. The molecule has 0 N–H and O–H groups in total. The van der Waals surface area contributed by atoms with Gasteiger partial charge >= 0.3 is 206 Å². The second kappa shape index (κ2) is 20.5. The first kappa shape index (κ1) is 38.1. The van der Waals surface area contributed by atoms with Gasteiger partial charge in [0.15, 0.2) is 0 Å². The first-order valence-corrected chi connectivity index (χ1v) is 6.28. The Labute approximate surface area is 330 Å². The summed E-state index contributed by atoms with van der Waals surface area (Å²) in [5.41, 5.74) is -0.222. The molecule has 0 radical (unpaired) electrons. The average molecular weight is 485 g/mol. The molecule has 0 aromatic heterocycles. The Balaban J connectivity index is -0.000000180. The molecule has 0 saturated heterocycles. The Morgan fingerprint density at radius 3 is 0.571 bits per heavy atom. The third-order valence-electron chi connectivity index (χ3n) is 2.71. The van der Waals surface area contributed by atoms with Crippen LogP contribution in [0.25, 0.3) is 0 Å². The zero-order valence-electron chi connectivity index (χ0n) is 15.9. The molecule has 12 heteroatoms. The fourth-order valence-electron chi connectivity index (χ4n) is 1.48. The summed E-state index contributed by atoms with van der Waals surface area (Å²) in [7, 11) is 0.